The predicted molar refractivity (Wildman–Crippen MR) is 67.1 cm³/mol. The zero-order chi connectivity index (χ0) is 13.2. The van der Waals surface area contributed by atoms with Gasteiger partial charge < -0.3 is 10.1 Å². The summed E-state index contributed by atoms with van der Waals surface area (Å²) < 4.78 is 27.5. The van der Waals surface area contributed by atoms with Crippen LogP contribution in [0.4, 0.5) is 0 Å². The first kappa shape index (κ1) is 13.8. The third-order valence-corrected chi connectivity index (χ3v) is 5.37. The van der Waals surface area contributed by atoms with Gasteiger partial charge in [0, 0.05) is 19.1 Å². The van der Waals surface area contributed by atoms with E-state index in [0.717, 1.165) is 13.0 Å². The van der Waals surface area contributed by atoms with Gasteiger partial charge in [0.2, 0.25) is 0 Å². The van der Waals surface area contributed by atoms with Gasteiger partial charge in [0.05, 0.1) is 18.6 Å². The second kappa shape index (κ2) is 5.54. The molecule has 2 fully saturated rings. The summed E-state index contributed by atoms with van der Waals surface area (Å²) in [5.74, 6) is 0.240. The van der Waals surface area contributed by atoms with E-state index in [-0.39, 0.29) is 29.6 Å². The molecule has 2 heterocycles. The van der Waals surface area contributed by atoms with Crippen LogP contribution in [0.25, 0.3) is 0 Å². The van der Waals surface area contributed by atoms with Gasteiger partial charge in [0.1, 0.15) is 6.04 Å². The fourth-order valence-corrected chi connectivity index (χ4v) is 3.87. The Morgan fingerprint density at radius 2 is 2.00 bits per heavy atom. The summed E-state index contributed by atoms with van der Waals surface area (Å²) in [6, 6.07) is 0.0260. The second-order valence-corrected chi connectivity index (χ2v) is 7.20. The molecule has 1 N–H and O–H groups in total. The summed E-state index contributed by atoms with van der Waals surface area (Å²) in [4.78, 5) is 13.7. The number of ether oxygens (including phenoxy) is 1. The summed E-state index contributed by atoms with van der Waals surface area (Å²) >= 11 is 0. The Morgan fingerprint density at radius 3 is 2.61 bits per heavy atom. The number of esters is 1. The van der Waals surface area contributed by atoms with Crippen molar-refractivity contribution in [3.63, 3.8) is 0 Å². The van der Waals surface area contributed by atoms with Gasteiger partial charge in [-0.2, -0.15) is 0 Å². The molecule has 6 nitrogen and oxygen atoms in total. The number of hydrogen-bond acceptors (Lipinski definition) is 6. The molecular formula is C11H20N2O4S. The first-order valence-corrected chi connectivity index (χ1v) is 8.09. The van der Waals surface area contributed by atoms with E-state index in [1.807, 2.05) is 0 Å². The molecule has 2 unspecified atom stereocenters. The number of hydrogen-bond donors (Lipinski definition) is 1. The van der Waals surface area contributed by atoms with Crippen molar-refractivity contribution in [3.05, 3.63) is 0 Å². The molecule has 2 saturated heterocycles. The summed E-state index contributed by atoms with van der Waals surface area (Å²) in [6.07, 6.45) is 1.65. The number of carbonyl (C=O) groups excluding carboxylic acids is 1. The number of sulfone groups is 1. The molecule has 0 aromatic heterocycles. The van der Waals surface area contributed by atoms with Crippen molar-refractivity contribution in [1.29, 1.82) is 0 Å². The van der Waals surface area contributed by atoms with Crippen LogP contribution in [0.15, 0.2) is 0 Å². The molecule has 18 heavy (non-hydrogen) atoms. The highest BCUT2D eigenvalue weighted by Gasteiger charge is 2.33. The van der Waals surface area contributed by atoms with Crippen molar-refractivity contribution >= 4 is 15.8 Å². The minimum absolute atomic E-state index is 0.232. The predicted octanol–water partition coefficient (Wildman–Crippen LogP) is -0.990. The highest BCUT2D eigenvalue weighted by molar-refractivity contribution is 7.91. The van der Waals surface area contributed by atoms with Crippen LogP contribution in [0.1, 0.15) is 12.8 Å². The van der Waals surface area contributed by atoms with Gasteiger partial charge in [-0.1, -0.05) is 0 Å². The topological polar surface area (TPSA) is 75.7 Å². The number of nitrogens with one attached hydrogen (secondary N) is 1. The molecule has 0 aromatic carbocycles. The molecule has 2 aliphatic heterocycles. The SMILES string of the molecule is COC(=O)C1CC(N2CCS(=O)(=O)CC2)CCN1. The van der Waals surface area contributed by atoms with Crippen LogP contribution < -0.4 is 5.32 Å². The van der Waals surface area contributed by atoms with Crippen molar-refractivity contribution in [2.45, 2.75) is 24.9 Å². The van der Waals surface area contributed by atoms with E-state index >= 15 is 0 Å². The Bertz CT molecular complexity index is 395. The van der Waals surface area contributed by atoms with Gasteiger partial charge >= 0.3 is 5.97 Å². The molecule has 2 rings (SSSR count). The standard InChI is InChI=1S/C11H20N2O4S/c1-17-11(14)10-8-9(2-3-12-10)13-4-6-18(15,16)7-5-13/h9-10,12H,2-8H2,1H3. The fraction of sp³-hybridized carbons (Fsp3) is 0.909. The van der Waals surface area contributed by atoms with Crippen LogP contribution in [0.5, 0.6) is 0 Å². The zero-order valence-electron chi connectivity index (χ0n) is 10.6. The lowest BCUT2D eigenvalue weighted by molar-refractivity contribution is -0.144. The molecule has 0 spiro atoms. The largest absolute Gasteiger partial charge is 0.468 e. The number of rotatable bonds is 2. The first-order valence-electron chi connectivity index (χ1n) is 6.27. The van der Waals surface area contributed by atoms with E-state index in [4.69, 9.17) is 4.74 Å². The van der Waals surface area contributed by atoms with Crippen LogP contribution in [0.2, 0.25) is 0 Å². The fourth-order valence-electron chi connectivity index (χ4n) is 2.64. The highest BCUT2D eigenvalue weighted by Crippen LogP contribution is 2.18. The van der Waals surface area contributed by atoms with Crippen LogP contribution in [-0.4, -0.2) is 69.6 Å². The average molecular weight is 276 g/mol. The van der Waals surface area contributed by atoms with Crippen molar-refractivity contribution < 1.29 is 17.9 Å². The molecule has 0 radical (unpaired) electrons. The monoisotopic (exact) mass is 276 g/mol. The molecule has 0 bridgehead atoms. The maximum Gasteiger partial charge on any atom is 0.322 e. The van der Waals surface area contributed by atoms with E-state index < -0.39 is 9.84 Å². The van der Waals surface area contributed by atoms with Crippen molar-refractivity contribution in [2.24, 2.45) is 0 Å². The lowest BCUT2D eigenvalue weighted by Crippen LogP contribution is -2.54. The Kier molecular flexibility index (Phi) is 4.24. The molecule has 0 aromatic rings. The van der Waals surface area contributed by atoms with Crippen molar-refractivity contribution in [1.82, 2.24) is 10.2 Å². The molecule has 2 aliphatic rings. The molecule has 7 heteroatoms. The minimum atomic E-state index is -2.84. The Morgan fingerprint density at radius 1 is 1.33 bits per heavy atom. The smallest absolute Gasteiger partial charge is 0.322 e. The summed E-state index contributed by atoms with van der Waals surface area (Å²) in [6.45, 7) is 1.94. The quantitative estimate of drug-likeness (QED) is 0.653. The maximum absolute atomic E-state index is 11.5. The van der Waals surface area contributed by atoms with Crippen molar-refractivity contribution in [3.8, 4) is 0 Å². The average Bonchev–Trinajstić information content (AvgIpc) is 2.38. The lowest BCUT2D eigenvalue weighted by atomic mass is 9.98. The minimum Gasteiger partial charge on any atom is -0.468 e. The van der Waals surface area contributed by atoms with Gasteiger partial charge in [-0.15, -0.1) is 0 Å². The molecule has 0 saturated carbocycles. The van der Waals surface area contributed by atoms with E-state index in [1.54, 1.807) is 0 Å². The molecule has 0 aliphatic carbocycles. The van der Waals surface area contributed by atoms with Crippen molar-refractivity contribution in [2.75, 3.05) is 38.2 Å². The van der Waals surface area contributed by atoms with E-state index in [0.29, 0.717) is 19.5 Å². The van der Waals surface area contributed by atoms with Gasteiger partial charge in [-0.3, -0.25) is 9.69 Å². The van der Waals surface area contributed by atoms with E-state index in [9.17, 15) is 13.2 Å². The summed E-state index contributed by atoms with van der Waals surface area (Å²) in [5, 5.41) is 3.14. The Labute approximate surface area is 108 Å². The van der Waals surface area contributed by atoms with Crippen LogP contribution >= 0.6 is 0 Å². The first-order chi connectivity index (χ1) is 8.52. The van der Waals surface area contributed by atoms with Crippen LogP contribution in [-0.2, 0) is 19.4 Å². The number of piperidine rings is 1. The third-order valence-electron chi connectivity index (χ3n) is 3.76. The van der Waals surface area contributed by atoms with Crippen LogP contribution in [0.3, 0.4) is 0 Å². The third kappa shape index (κ3) is 3.21. The van der Waals surface area contributed by atoms with Gasteiger partial charge in [0.15, 0.2) is 9.84 Å². The Hall–Kier alpha value is -0.660. The van der Waals surface area contributed by atoms with Gasteiger partial charge in [0.25, 0.3) is 0 Å². The van der Waals surface area contributed by atoms with Gasteiger partial charge in [-0.05, 0) is 19.4 Å². The van der Waals surface area contributed by atoms with Gasteiger partial charge in [-0.25, -0.2) is 8.42 Å². The highest BCUT2D eigenvalue weighted by atomic mass is 32.2. The van der Waals surface area contributed by atoms with E-state index in [2.05, 4.69) is 10.2 Å². The van der Waals surface area contributed by atoms with Crippen LogP contribution in [0, 0.1) is 0 Å². The van der Waals surface area contributed by atoms with E-state index in [1.165, 1.54) is 7.11 Å². The molecule has 104 valence electrons. The second-order valence-electron chi connectivity index (χ2n) is 4.90. The normalized spacial score (nSPS) is 32.9. The lowest BCUT2D eigenvalue weighted by Gasteiger charge is -2.38. The number of carbonyl (C=O) groups is 1. The molecular weight excluding hydrogens is 256 g/mol. The molecule has 0 amide bonds. The summed E-state index contributed by atoms with van der Waals surface area (Å²) in [7, 11) is -1.45. The number of methoxy groups -OCH3 is 1. The molecule has 2 atom stereocenters. The maximum atomic E-state index is 11.5. The number of nitrogens with zero attached hydrogens (tertiary/aromatic N) is 1. The Balaban J connectivity index is 1.91. The summed E-state index contributed by atoms with van der Waals surface area (Å²) in [5.41, 5.74) is 0. The zero-order valence-corrected chi connectivity index (χ0v) is 11.4.